The second-order valence-corrected chi connectivity index (χ2v) is 6.44. The van der Waals surface area contributed by atoms with E-state index in [1.165, 1.54) is 29.1 Å². The summed E-state index contributed by atoms with van der Waals surface area (Å²) in [6, 6.07) is 11.9. The largest absolute Gasteiger partial charge is 0.478 e. The van der Waals surface area contributed by atoms with Crippen molar-refractivity contribution in [3.63, 3.8) is 0 Å². The van der Waals surface area contributed by atoms with E-state index in [4.69, 9.17) is 0 Å². The van der Waals surface area contributed by atoms with Gasteiger partial charge in [0.2, 0.25) is 0 Å². The van der Waals surface area contributed by atoms with Crippen LogP contribution in [0.15, 0.2) is 51.1 Å². The Kier molecular flexibility index (Phi) is 4.78. The zero-order valence-electron chi connectivity index (χ0n) is 11.6. The highest BCUT2D eigenvalue weighted by Crippen LogP contribution is 2.36. The first-order chi connectivity index (χ1) is 9.52. The van der Waals surface area contributed by atoms with Crippen LogP contribution in [-0.2, 0) is 0 Å². The van der Waals surface area contributed by atoms with Gasteiger partial charge in [0.25, 0.3) is 0 Å². The third-order valence-corrected chi connectivity index (χ3v) is 4.99. The van der Waals surface area contributed by atoms with Crippen LogP contribution in [0.2, 0.25) is 0 Å². The average Bonchev–Trinajstić information content (AvgIpc) is 2.42. The summed E-state index contributed by atoms with van der Waals surface area (Å²) in [7, 11) is 0. The molecule has 0 aliphatic heterocycles. The highest BCUT2D eigenvalue weighted by Gasteiger charge is 2.16. The van der Waals surface area contributed by atoms with Crippen LogP contribution in [0.1, 0.15) is 21.5 Å². The molecule has 0 heterocycles. The van der Waals surface area contributed by atoms with Gasteiger partial charge in [0.15, 0.2) is 0 Å². The maximum atomic E-state index is 11.5. The molecule has 0 spiro atoms. The molecule has 0 unspecified atom stereocenters. The minimum Gasteiger partial charge on any atom is -0.478 e. The van der Waals surface area contributed by atoms with Crippen molar-refractivity contribution in [1.29, 1.82) is 0 Å². The smallest absolute Gasteiger partial charge is 0.337 e. The number of thioether (sulfide) groups is 1. The van der Waals surface area contributed by atoms with E-state index in [1.807, 2.05) is 38.3 Å². The van der Waals surface area contributed by atoms with E-state index in [0.717, 1.165) is 20.2 Å². The number of aromatic carboxylic acids is 1. The lowest BCUT2D eigenvalue weighted by Crippen LogP contribution is -2.01. The van der Waals surface area contributed by atoms with Crippen molar-refractivity contribution in [2.75, 3.05) is 6.26 Å². The van der Waals surface area contributed by atoms with Crippen molar-refractivity contribution in [3.05, 3.63) is 53.1 Å². The number of aryl methyl sites for hydroxylation is 2. The van der Waals surface area contributed by atoms with Crippen molar-refractivity contribution < 1.29 is 9.90 Å². The van der Waals surface area contributed by atoms with Gasteiger partial charge < -0.3 is 5.11 Å². The summed E-state index contributed by atoms with van der Waals surface area (Å²) in [5.41, 5.74) is 2.73. The molecule has 2 rings (SSSR count). The molecule has 2 nitrogen and oxygen atoms in total. The van der Waals surface area contributed by atoms with Crippen molar-refractivity contribution in [2.45, 2.75) is 28.5 Å². The quantitative estimate of drug-likeness (QED) is 0.817. The molecule has 1 N–H and O–H groups in total. The van der Waals surface area contributed by atoms with Gasteiger partial charge in [0.1, 0.15) is 0 Å². The molecular formula is C16H16O2S2. The third-order valence-electron chi connectivity index (χ3n) is 2.99. The van der Waals surface area contributed by atoms with E-state index in [2.05, 4.69) is 18.2 Å². The maximum Gasteiger partial charge on any atom is 0.337 e. The number of hydrogen-bond donors (Lipinski definition) is 1. The maximum absolute atomic E-state index is 11.5. The van der Waals surface area contributed by atoms with Gasteiger partial charge in [0, 0.05) is 14.7 Å². The molecule has 0 saturated heterocycles. The van der Waals surface area contributed by atoms with Gasteiger partial charge in [-0.25, -0.2) is 4.79 Å². The molecule has 0 bridgehead atoms. The van der Waals surface area contributed by atoms with Gasteiger partial charge in [-0.15, -0.1) is 11.8 Å². The van der Waals surface area contributed by atoms with E-state index in [0.29, 0.717) is 5.56 Å². The van der Waals surface area contributed by atoms with Gasteiger partial charge in [-0.3, -0.25) is 0 Å². The second kappa shape index (κ2) is 6.37. The first-order valence-corrected chi connectivity index (χ1v) is 8.22. The molecule has 0 aromatic heterocycles. The second-order valence-electron chi connectivity index (χ2n) is 4.51. The van der Waals surface area contributed by atoms with Crippen LogP contribution in [0, 0.1) is 13.8 Å². The average molecular weight is 304 g/mol. The van der Waals surface area contributed by atoms with E-state index in [9.17, 15) is 9.90 Å². The van der Waals surface area contributed by atoms with Crippen molar-refractivity contribution in [2.24, 2.45) is 0 Å². The van der Waals surface area contributed by atoms with Crippen LogP contribution >= 0.6 is 23.5 Å². The summed E-state index contributed by atoms with van der Waals surface area (Å²) in [4.78, 5) is 14.2. The van der Waals surface area contributed by atoms with Gasteiger partial charge in [-0.1, -0.05) is 30.0 Å². The number of hydrogen-bond acceptors (Lipinski definition) is 3. The Hall–Kier alpha value is -1.39. The normalized spacial score (nSPS) is 10.6. The Morgan fingerprint density at radius 1 is 1.05 bits per heavy atom. The molecule has 2 aromatic carbocycles. The van der Waals surface area contributed by atoms with Crippen LogP contribution in [0.25, 0.3) is 0 Å². The van der Waals surface area contributed by atoms with Gasteiger partial charge in [-0.2, -0.15) is 0 Å². The number of carboxylic acids is 1. The lowest BCUT2D eigenvalue weighted by Gasteiger charge is -2.11. The first kappa shape index (κ1) is 15.0. The summed E-state index contributed by atoms with van der Waals surface area (Å²) in [6.07, 6.45) is 1.90. The van der Waals surface area contributed by atoms with Crippen LogP contribution in [0.5, 0.6) is 0 Å². The molecule has 0 fully saturated rings. The zero-order valence-corrected chi connectivity index (χ0v) is 13.3. The van der Waals surface area contributed by atoms with Gasteiger partial charge in [0.05, 0.1) is 5.56 Å². The number of benzene rings is 2. The van der Waals surface area contributed by atoms with Crippen LogP contribution in [0.3, 0.4) is 0 Å². The van der Waals surface area contributed by atoms with Crippen molar-refractivity contribution in [1.82, 2.24) is 0 Å². The summed E-state index contributed by atoms with van der Waals surface area (Å²) in [5.74, 6) is -0.872. The molecule has 0 radical (unpaired) electrons. The van der Waals surface area contributed by atoms with Gasteiger partial charge in [-0.05, 0) is 49.4 Å². The molecule has 104 valence electrons. The highest BCUT2D eigenvalue weighted by molar-refractivity contribution is 8.00. The lowest BCUT2D eigenvalue weighted by molar-refractivity contribution is 0.0689. The fourth-order valence-corrected chi connectivity index (χ4v) is 3.75. The Balaban J connectivity index is 2.48. The fraction of sp³-hybridized carbons (Fsp3) is 0.188. The van der Waals surface area contributed by atoms with Crippen molar-refractivity contribution in [3.8, 4) is 0 Å². The lowest BCUT2D eigenvalue weighted by atomic mass is 10.2. The molecule has 0 aliphatic carbocycles. The topological polar surface area (TPSA) is 37.3 Å². The zero-order chi connectivity index (χ0) is 14.7. The predicted molar refractivity (Wildman–Crippen MR) is 85.2 cm³/mol. The van der Waals surface area contributed by atoms with Crippen molar-refractivity contribution >= 4 is 29.5 Å². The molecule has 4 heteroatoms. The highest BCUT2D eigenvalue weighted by atomic mass is 32.2. The summed E-state index contributed by atoms with van der Waals surface area (Å²) in [6.45, 7) is 4.08. The predicted octanol–water partition coefficient (Wildman–Crippen LogP) is 4.87. The number of rotatable bonds is 4. The van der Waals surface area contributed by atoms with E-state index in [1.54, 1.807) is 0 Å². The Morgan fingerprint density at radius 2 is 1.75 bits per heavy atom. The van der Waals surface area contributed by atoms with E-state index < -0.39 is 5.97 Å². The molecule has 2 aromatic rings. The number of carbonyl (C=O) groups is 1. The summed E-state index contributed by atoms with van der Waals surface area (Å²) < 4.78 is 0. The summed E-state index contributed by atoms with van der Waals surface area (Å²) in [5, 5.41) is 9.45. The number of carboxylic acid groups (broad SMARTS) is 1. The Bertz CT molecular complexity index is 651. The minimum atomic E-state index is -0.872. The Morgan fingerprint density at radius 3 is 2.40 bits per heavy atom. The van der Waals surface area contributed by atoms with E-state index in [-0.39, 0.29) is 0 Å². The molecule has 0 saturated carbocycles. The monoisotopic (exact) mass is 304 g/mol. The molecule has 20 heavy (non-hydrogen) atoms. The van der Waals surface area contributed by atoms with Crippen LogP contribution < -0.4 is 0 Å². The molecule has 0 amide bonds. The fourth-order valence-electron chi connectivity index (χ4n) is 1.91. The summed E-state index contributed by atoms with van der Waals surface area (Å²) >= 11 is 2.98. The van der Waals surface area contributed by atoms with E-state index >= 15 is 0 Å². The SMILES string of the molecule is CSc1cccc(Sc2cc(C)ccc2C)c1C(=O)O. The standard InChI is InChI=1S/C16H16O2S2/c1-10-7-8-11(2)14(9-10)20-13-6-4-5-12(19-3)15(13)16(17)18/h4-9H,1-3H3,(H,17,18). The van der Waals surface area contributed by atoms with Crippen LogP contribution in [-0.4, -0.2) is 17.3 Å². The third kappa shape index (κ3) is 3.19. The van der Waals surface area contributed by atoms with Crippen LogP contribution in [0.4, 0.5) is 0 Å². The first-order valence-electron chi connectivity index (χ1n) is 6.18. The minimum absolute atomic E-state index is 0.394. The van der Waals surface area contributed by atoms with Gasteiger partial charge >= 0.3 is 5.97 Å². The Labute approximate surface area is 127 Å². The molecule has 0 aliphatic rings. The molecular weight excluding hydrogens is 288 g/mol. The molecule has 0 atom stereocenters.